The summed E-state index contributed by atoms with van der Waals surface area (Å²) in [5.41, 5.74) is 0. The molecule has 0 radical (unpaired) electrons. The molecule has 1 aliphatic carbocycles. The van der Waals surface area contributed by atoms with E-state index >= 15 is 0 Å². The Morgan fingerprint density at radius 1 is 1.11 bits per heavy atom. The molecule has 0 bridgehead atoms. The number of allylic oxidation sites excluding steroid dienone is 2. The Morgan fingerprint density at radius 3 is 2.26 bits per heavy atom. The van der Waals surface area contributed by atoms with E-state index in [1.54, 1.807) is 0 Å². The number of carbonyl (C=O) groups excluding carboxylic acids is 2. The third kappa shape index (κ3) is 4.37. The first kappa shape index (κ1) is 15.7. The van der Waals surface area contributed by atoms with Gasteiger partial charge in [-0.25, -0.2) is 0 Å². The molecule has 1 aliphatic rings. The molecule has 0 spiro atoms. The molecule has 0 aromatic heterocycles. The number of rotatable bonds is 6. The molecule has 0 saturated carbocycles. The largest absolute Gasteiger partial charge is 0.465 e. The minimum Gasteiger partial charge on any atom is -0.465 e. The van der Waals surface area contributed by atoms with Crippen LogP contribution in [0.4, 0.5) is 0 Å². The smallest absolute Gasteiger partial charge is 0.310 e. The van der Waals surface area contributed by atoms with E-state index < -0.39 is 11.8 Å². The van der Waals surface area contributed by atoms with E-state index in [9.17, 15) is 9.59 Å². The summed E-state index contributed by atoms with van der Waals surface area (Å²) in [6.45, 7) is 6.65. The average Bonchev–Trinajstić information content (AvgIpc) is 2.41. The Balaban J connectivity index is 2.73. The minimum atomic E-state index is -0.416. The van der Waals surface area contributed by atoms with Crippen molar-refractivity contribution in [1.29, 1.82) is 0 Å². The van der Waals surface area contributed by atoms with Crippen LogP contribution in [-0.4, -0.2) is 25.2 Å². The maximum atomic E-state index is 12.1. The number of hydrogen-bond acceptors (Lipinski definition) is 4. The molecule has 108 valence electrons. The second-order valence-electron chi connectivity index (χ2n) is 4.99. The van der Waals surface area contributed by atoms with Crippen molar-refractivity contribution >= 4 is 11.9 Å². The van der Waals surface area contributed by atoms with Gasteiger partial charge in [0.25, 0.3) is 0 Å². The van der Waals surface area contributed by atoms with E-state index in [0.29, 0.717) is 19.6 Å². The molecule has 0 N–H and O–H groups in total. The van der Waals surface area contributed by atoms with Crippen LogP contribution in [0.5, 0.6) is 0 Å². The van der Waals surface area contributed by atoms with Gasteiger partial charge in [-0.2, -0.15) is 0 Å². The first-order valence-electron chi connectivity index (χ1n) is 7.11. The van der Waals surface area contributed by atoms with Gasteiger partial charge in [-0.1, -0.05) is 32.9 Å². The topological polar surface area (TPSA) is 52.6 Å². The Hall–Kier alpha value is -1.32. The Morgan fingerprint density at radius 2 is 1.68 bits per heavy atom. The number of ether oxygens (including phenoxy) is 2. The molecule has 4 nitrogen and oxygen atoms in total. The summed E-state index contributed by atoms with van der Waals surface area (Å²) in [6.07, 6.45) is 6.05. The molecule has 0 saturated heterocycles. The SMILES string of the molecule is CCCOC(=O)C1CC=CC(C)C1C(=O)OCCC. The van der Waals surface area contributed by atoms with Crippen molar-refractivity contribution < 1.29 is 19.1 Å². The maximum Gasteiger partial charge on any atom is 0.310 e. The Kier molecular flexibility index (Phi) is 6.60. The zero-order chi connectivity index (χ0) is 14.3. The molecule has 3 unspecified atom stereocenters. The molecular formula is C15H24O4. The van der Waals surface area contributed by atoms with Gasteiger partial charge in [0.1, 0.15) is 0 Å². The normalized spacial score (nSPS) is 25.9. The van der Waals surface area contributed by atoms with Crippen LogP contribution in [-0.2, 0) is 19.1 Å². The predicted octanol–water partition coefficient (Wildman–Crippen LogP) is 2.72. The maximum absolute atomic E-state index is 12.1. The second-order valence-corrected chi connectivity index (χ2v) is 4.99. The summed E-state index contributed by atoms with van der Waals surface area (Å²) >= 11 is 0. The van der Waals surface area contributed by atoms with Gasteiger partial charge in [0, 0.05) is 0 Å². The lowest BCUT2D eigenvalue weighted by Gasteiger charge is -2.29. The van der Waals surface area contributed by atoms with Gasteiger partial charge in [-0.15, -0.1) is 0 Å². The van der Waals surface area contributed by atoms with Gasteiger partial charge in [0.15, 0.2) is 0 Å². The van der Waals surface area contributed by atoms with Gasteiger partial charge in [-0.3, -0.25) is 9.59 Å². The molecule has 0 aromatic rings. The molecule has 4 heteroatoms. The summed E-state index contributed by atoms with van der Waals surface area (Å²) in [4.78, 5) is 24.1. The number of carbonyl (C=O) groups is 2. The van der Waals surface area contributed by atoms with E-state index in [1.807, 2.05) is 32.9 Å². The van der Waals surface area contributed by atoms with Crippen LogP contribution in [0.15, 0.2) is 12.2 Å². The van der Waals surface area contributed by atoms with E-state index in [2.05, 4.69) is 0 Å². The van der Waals surface area contributed by atoms with Gasteiger partial charge in [0.05, 0.1) is 25.0 Å². The van der Waals surface area contributed by atoms with Crippen molar-refractivity contribution in [1.82, 2.24) is 0 Å². The summed E-state index contributed by atoms with van der Waals surface area (Å²) in [7, 11) is 0. The molecule has 1 rings (SSSR count). The Labute approximate surface area is 115 Å². The minimum absolute atomic E-state index is 0.0114. The molecular weight excluding hydrogens is 244 g/mol. The van der Waals surface area contributed by atoms with Crippen LogP contribution >= 0.6 is 0 Å². The highest BCUT2D eigenvalue weighted by Crippen LogP contribution is 2.32. The molecule has 0 amide bonds. The monoisotopic (exact) mass is 268 g/mol. The van der Waals surface area contributed by atoms with Gasteiger partial charge < -0.3 is 9.47 Å². The molecule has 3 atom stereocenters. The Bertz CT molecular complexity index is 335. The lowest BCUT2D eigenvalue weighted by atomic mass is 9.76. The van der Waals surface area contributed by atoms with Gasteiger partial charge in [-0.05, 0) is 25.2 Å². The predicted molar refractivity (Wildman–Crippen MR) is 72.4 cm³/mol. The molecule has 19 heavy (non-hydrogen) atoms. The number of esters is 2. The van der Waals surface area contributed by atoms with Crippen molar-refractivity contribution in [3.63, 3.8) is 0 Å². The van der Waals surface area contributed by atoms with E-state index in [-0.39, 0.29) is 17.9 Å². The highest BCUT2D eigenvalue weighted by atomic mass is 16.5. The molecule has 0 heterocycles. The fourth-order valence-corrected chi connectivity index (χ4v) is 2.30. The van der Waals surface area contributed by atoms with Crippen molar-refractivity contribution in [2.45, 2.75) is 40.0 Å². The molecule has 0 fully saturated rings. The summed E-state index contributed by atoms with van der Waals surface area (Å²) < 4.78 is 10.4. The zero-order valence-electron chi connectivity index (χ0n) is 12.1. The van der Waals surface area contributed by atoms with Crippen molar-refractivity contribution in [3.05, 3.63) is 12.2 Å². The van der Waals surface area contributed by atoms with Crippen LogP contribution in [0.3, 0.4) is 0 Å². The first-order chi connectivity index (χ1) is 9.11. The van der Waals surface area contributed by atoms with Crippen LogP contribution in [0.2, 0.25) is 0 Å². The standard InChI is InChI=1S/C15H24O4/c1-4-9-18-14(16)12-8-6-7-11(3)13(12)15(17)19-10-5-2/h6-7,11-13H,4-5,8-10H2,1-3H3. The van der Waals surface area contributed by atoms with Gasteiger partial charge in [0.2, 0.25) is 0 Å². The van der Waals surface area contributed by atoms with Crippen molar-refractivity contribution in [2.24, 2.45) is 17.8 Å². The van der Waals surface area contributed by atoms with E-state index in [1.165, 1.54) is 0 Å². The van der Waals surface area contributed by atoms with Crippen LogP contribution < -0.4 is 0 Å². The van der Waals surface area contributed by atoms with Crippen molar-refractivity contribution in [2.75, 3.05) is 13.2 Å². The molecule has 0 aromatic carbocycles. The van der Waals surface area contributed by atoms with E-state index in [4.69, 9.17) is 9.47 Å². The third-order valence-corrected chi connectivity index (χ3v) is 3.30. The first-order valence-corrected chi connectivity index (χ1v) is 7.11. The van der Waals surface area contributed by atoms with Gasteiger partial charge >= 0.3 is 11.9 Å². The lowest BCUT2D eigenvalue weighted by Crippen LogP contribution is -2.38. The molecule has 0 aliphatic heterocycles. The lowest BCUT2D eigenvalue weighted by molar-refractivity contribution is -0.162. The highest BCUT2D eigenvalue weighted by Gasteiger charge is 2.40. The van der Waals surface area contributed by atoms with Crippen molar-refractivity contribution in [3.8, 4) is 0 Å². The summed E-state index contributed by atoms with van der Waals surface area (Å²) in [6, 6.07) is 0. The summed E-state index contributed by atoms with van der Waals surface area (Å²) in [5.74, 6) is -1.37. The van der Waals surface area contributed by atoms with Crippen LogP contribution in [0, 0.1) is 17.8 Å². The number of hydrogen-bond donors (Lipinski definition) is 0. The quantitative estimate of drug-likeness (QED) is 0.549. The second kappa shape index (κ2) is 7.97. The van der Waals surface area contributed by atoms with Crippen LogP contribution in [0.1, 0.15) is 40.0 Å². The average molecular weight is 268 g/mol. The third-order valence-electron chi connectivity index (χ3n) is 3.30. The zero-order valence-corrected chi connectivity index (χ0v) is 12.1. The highest BCUT2D eigenvalue weighted by molar-refractivity contribution is 5.83. The summed E-state index contributed by atoms with van der Waals surface area (Å²) in [5, 5.41) is 0. The van der Waals surface area contributed by atoms with E-state index in [0.717, 1.165) is 12.8 Å². The fourth-order valence-electron chi connectivity index (χ4n) is 2.30. The van der Waals surface area contributed by atoms with Crippen LogP contribution in [0.25, 0.3) is 0 Å². The fraction of sp³-hybridized carbons (Fsp3) is 0.733.